The minimum atomic E-state index is -3.33. The number of nitrogens with one attached hydrogen (secondary N) is 2. The maximum atomic E-state index is 14.4. The summed E-state index contributed by atoms with van der Waals surface area (Å²) in [5.74, 6) is -5.57. The lowest BCUT2D eigenvalue weighted by molar-refractivity contribution is -0.150. The number of rotatable bonds is 13. The minimum Gasteiger partial charge on any atom is -0.508 e. The second-order valence-corrected chi connectivity index (χ2v) is 9.42. The molecule has 0 spiro atoms. The van der Waals surface area contributed by atoms with E-state index in [1.807, 2.05) is 0 Å². The number of aliphatic hydroxyl groups excluding tert-OH is 1. The molecule has 3 rings (SSSR count). The van der Waals surface area contributed by atoms with Crippen molar-refractivity contribution in [2.75, 3.05) is 13.1 Å². The van der Waals surface area contributed by atoms with Crippen LogP contribution in [0.25, 0.3) is 0 Å². The molecule has 2 unspecified atom stereocenters. The third-order valence-electron chi connectivity index (χ3n) is 6.42. The summed E-state index contributed by atoms with van der Waals surface area (Å²) in [6.07, 6.45) is -1.16. The van der Waals surface area contributed by atoms with Crippen molar-refractivity contribution in [3.63, 3.8) is 0 Å². The van der Waals surface area contributed by atoms with Gasteiger partial charge in [0.2, 0.25) is 5.91 Å². The highest BCUT2D eigenvalue weighted by molar-refractivity contribution is 5.97. The molecule has 11 heteroatoms. The van der Waals surface area contributed by atoms with Gasteiger partial charge in [-0.05, 0) is 43.2 Å². The smallest absolute Gasteiger partial charge is 0.265 e. The second-order valence-electron chi connectivity index (χ2n) is 9.42. The minimum absolute atomic E-state index is 0.0138. The van der Waals surface area contributed by atoms with Crippen molar-refractivity contribution in [1.29, 1.82) is 0 Å². The first-order valence-corrected chi connectivity index (χ1v) is 12.8. The molecule has 9 nitrogen and oxygen atoms in total. The van der Waals surface area contributed by atoms with Crippen molar-refractivity contribution in [1.82, 2.24) is 15.5 Å². The summed E-state index contributed by atoms with van der Waals surface area (Å²) in [7, 11) is 0. The fourth-order valence-electron chi connectivity index (χ4n) is 4.02. The number of aliphatic hydroxyl groups is 1. The van der Waals surface area contributed by atoms with Gasteiger partial charge < -0.3 is 30.2 Å². The summed E-state index contributed by atoms with van der Waals surface area (Å²) in [6.45, 7) is 0.908. The summed E-state index contributed by atoms with van der Waals surface area (Å²) in [6, 6.07) is 15.0. The maximum Gasteiger partial charge on any atom is 0.265 e. The first-order chi connectivity index (χ1) is 19.0. The molecule has 0 aliphatic heterocycles. The van der Waals surface area contributed by atoms with Crippen molar-refractivity contribution >= 4 is 17.7 Å². The van der Waals surface area contributed by atoms with Crippen LogP contribution in [0.2, 0.25) is 0 Å². The third kappa shape index (κ3) is 8.37. The van der Waals surface area contributed by atoms with Crippen LogP contribution in [0.3, 0.4) is 0 Å². The predicted molar refractivity (Wildman–Crippen MR) is 143 cm³/mol. The van der Waals surface area contributed by atoms with E-state index in [1.54, 1.807) is 42.5 Å². The van der Waals surface area contributed by atoms with Crippen molar-refractivity contribution in [3.05, 3.63) is 89.4 Å². The second kappa shape index (κ2) is 13.7. The molecule has 214 valence electrons. The van der Waals surface area contributed by atoms with Gasteiger partial charge in [-0.3, -0.25) is 14.4 Å². The standard InChI is InChI=1S/C29H33F2N3O6/c1-3-29(30,31)18-34(17-25(36)32-16-21-11-8-14-40-21)28(39)26(37)23(15-20-9-5-4-6-10-20)33-27(38)22-12-7-13-24(35)19(22)2/h4-14,23,26,35,37H,3,15-18H2,1-2H3,(H,32,36)(H,33,38). The van der Waals surface area contributed by atoms with Crippen LogP contribution in [0.15, 0.2) is 71.3 Å². The number of nitrogens with zero attached hydrogens (tertiary/aromatic N) is 1. The molecular weight excluding hydrogens is 524 g/mol. The van der Waals surface area contributed by atoms with Gasteiger partial charge >= 0.3 is 0 Å². The summed E-state index contributed by atoms with van der Waals surface area (Å²) in [5, 5.41) is 26.3. The Morgan fingerprint density at radius 3 is 2.42 bits per heavy atom. The van der Waals surface area contributed by atoms with Crippen molar-refractivity contribution < 1.29 is 37.8 Å². The van der Waals surface area contributed by atoms with Crippen LogP contribution in [0.5, 0.6) is 5.75 Å². The third-order valence-corrected chi connectivity index (χ3v) is 6.42. The Labute approximate surface area is 230 Å². The Balaban J connectivity index is 1.84. The summed E-state index contributed by atoms with van der Waals surface area (Å²) in [5.41, 5.74) is 1.06. The van der Waals surface area contributed by atoms with Gasteiger partial charge in [-0.25, -0.2) is 8.78 Å². The van der Waals surface area contributed by atoms with Crippen LogP contribution in [-0.4, -0.2) is 64.0 Å². The van der Waals surface area contributed by atoms with E-state index in [4.69, 9.17) is 4.42 Å². The molecule has 3 aromatic rings. The van der Waals surface area contributed by atoms with Crippen LogP contribution in [0.4, 0.5) is 8.78 Å². The molecule has 0 aliphatic carbocycles. The number of amides is 3. The normalized spacial score (nSPS) is 12.8. The summed E-state index contributed by atoms with van der Waals surface area (Å²) in [4.78, 5) is 39.7. The number of furan rings is 1. The molecule has 2 aromatic carbocycles. The molecular formula is C29H33F2N3O6. The summed E-state index contributed by atoms with van der Waals surface area (Å²) >= 11 is 0. The molecule has 0 bridgehead atoms. The zero-order valence-electron chi connectivity index (χ0n) is 22.3. The van der Waals surface area contributed by atoms with Crippen molar-refractivity contribution in [2.24, 2.45) is 0 Å². The van der Waals surface area contributed by atoms with E-state index in [1.165, 1.54) is 38.3 Å². The number of carbonyl (C=O) groups is 3. The van der Waals surface area contributed by atoms with Gasteiger partial charge in [-0.15, -0.1) is 0 Å². The van der Waals surface area contributed by atoms with Crippen molar-refractivity contribution in [2.45, 2.75) is 51.3 Å². The fraction of sp³-hybridized carbons (Fsp3) is 0.345. The topological polar surface area (TPSA) is 132 Å². The van der Waals surface area contributed by atoms with E-state index in [-0.39, 0.29) is 29.8 Å². The average molecular weight is 558 g/mol. The van der Waals surface area contributed by atoms with Gasteiger partial charge in [0, 0.05) is 17.5 Å². The zero-order valence-corrected chi connectivity index (χ0v) is 22.3. The largest absolute Gasteiger partial charge is 0.508 e. The van der Waals surface area contributed by atoms with Crippen LogP contribution in [0, 0.1) is 6.92 Å². The highest BCUT2D eigenvalue weighted by Crippen LogP contribution is 2.22. The van der Waals surface area contributed by atoms with E-state index in [2.05, 4.69) is 10.6 Å². The lowest BCUT2D eigenvalue weighted by Crippen LogP contribution is -2.56. The van der Waals surface area contributed by atoms with Gasteiger partial charge in [0.25, 0.3) is 17.7 Å². The number of aromatic hydroxyl groups is 1. The van der Waals surface area contributed by atoms with Crippen LogP contribution >= 0.6 is 0 Å². The molecule has 0 radical (unpaired) electrons. The number of carbonyl (C=O) groups excluding carboxylic acids is 3. The number of phenols is 1. The molecule has 1 heterocycles. The molecule has 0 fully saturated rings. The van der Waals surface area contributed by atoms with Gasteiger partial charge in [0.1, 0.15) is 11.5 Å². The zero-order chi connectivity index (χ0) is 29.3. The maximum absolute atomic E-state index is 14.4. The van der Waals surface area contributed by atoms with E-state index in [0.717, 1.165) is 0 Å². The fourth-order valence-corrected chi connectivity index (χ4v) is 4.02. The molecule has 4 N–H and O–H groups in total. The lowest BCUT2D eigenvalue weighted by atomic mass is 9.98. The van der Waals surface area contributed by atoms with Crippen molar-refractivity contribution in [3.8, 4) is 5.75 Å². The number of alkyl halides is 2. The number of hydrogen-bond acceptors (Lipinski definition) is 6. The first-order valence-electron chi connectivity index (χ1n) is 12.8. The van der Waals surface area contributed by atoms with E-state index < -0.39 is 55.3 Å². The Morgan fingerprint density at radius 2 is 1.77 bits per heavy atom. The van der Waals surface area contributed by atoms with Crippen LogP contribution < -0.4 is 10.6 Å². The van der Waals surface area contributed by atoms with E-state index >= 15 is 0 Å². The number of benzene rings is 2. The van der Waals surface area contributed by atoms with Gasteiger partial charge in [0.15, 0.2) is 6.10 Å². The highest BCUT2D eigenvalue weighted by atomic mass is 19.3. The molecule has 0 saturated heterocycles. The van der Waals surface area contributed by atoms with E-state index in [0.29, 0.717) is 16.2 Å². The molecule has 0 aliphatic rings. The Bertz CT molecular complexity index is 1280. The SMILES string of the molecule is CCC(F)(F)CN(CC(=O)NCc1ccco1)C(=O)C(O)C(Cc1ccccc1)NC(=O)c1cccc(O)c1C. The lowest BCUT2D eigenvalue weighted by Gasteiger charge is -2.31. The predicted octanol–water partition coefficient (Wildman–Crippen LogP) is 3.19. The average Bonchev–Trinajstić information content (AvgIpc) is 3.46. The number of phenolic OH excluding ortho intramolecular Hbond substituents is 1. The first kappa shape index (κ1) is 30.3. The monoisotopic (exact) mass is 557 g/mol. The Hall–Kier alpha value is -4.25. The molecule has 1 aromatic heterocycles. The van der Waals surface area contributed by atoms with E-state index in [9.17, 15) is 33.4 Å². The van der Waals surface area contributed by atoms with Crippen LogP contribution in [-0.2, 0) is 22.6 Å². The van der Waals surface area contributed by atoms with Gasteiger partial charge in [-0.2, -0.15) is 0 Å². The quantitative estimate of drug-likeness (QED) is 0.255. The Kier molecular flexibility index (Phi) is 10.4. The molecule has 40 heavy (non-hydrogen) atoms. The Morgan fingerprint density at radius 1 is 1.05 bits per heavy atom. The molecule has 2 atom stereocenters. The highest BCUT2D eigenvalue weighted by Gasteiger charge is 2.38. The summed E-state index contributed by atoms with van der Waals surface area (Å²) < 4.78 is 34.0. The van der Waals surface area contributed by atoms with Gasteiger partial charge in [0.05, 0.1) is 31.9 Å². The molecule has 3 amide bonds. The number of halogens is 2. The van der Waals surface area contributed by atoms with Crippen LogP contribution in [0.1, 0.15) is 40.6 Å². The number of hydrogen-bond donors (Lipinski definition) is 4. The molecule has 0 saturated carbocycles. The van der Waals surface area contributed by atoms with Gasteiger partial charge in [-0.1, -0.05) is 43.3 Å².